The Balaban J connectivity index is 1.33. The Hall–Kier alpha value is -2.91. The summed E-state index contributed by atoms with van der Waals surface area (Å²) in [6.45, 7) is 8.11. The SMILES string of the molecule is Cc1ncc2c(c1OC(=O)[C@H]1C[C@@H]1CCO/N=[N+](\[O-])N(C)C(C)(C)C)CO[C@H]2c1ccc(Cl)cc1. The summed E-state index contributed by atoms with van der Waals surface area (Å²) in [5.41, 5.74) is 2.99. The molecule has 3 atom stereocenters. The van der Waals surface area contributed by atoms with Gasteiger partial charge in [-0.25, -0.2) is 0 Å². The molecule has 2 aliphatic rings. The monoisotopic (exact) mass is 502 g/mol. The summed E-state index contributed by atoms with van der Waals surface area (Å²) in [5, 5.41) is 17.6. The van der Waals surface area contributed by atoms with Crippen LogP contribution in [0, 0.1) is 24.0 Å². The molecule has 2 aromatic rings. The minimum Gasteiger partial charge on any atom is -0.569 e. The Labute approximate surface area is 210 Å². The lowest BCUT2D eigenvalue weighted by molar-refractivity contribution is -0.719. The molecule has 1 aromatic heterocycles. The van der Waals surface area contributed by atoms with Gasteiger partial charge in [0.15, 0.2) is 5.75 Å². The number of esters is 1. The number of hydrazine groups is 1. The number of hydrogen-bond acceptors (Lipinski definition) is 7. The molecule has 4 rings (SSSR count). The molecule has 10 heteroatoms. The van der Waals surface area contributed by atoms with Crippen LogP contribution in [-0.2, 0) is 21.0 Å². The fourth-order valence-corrected chi connectivity index (χ4v) is 4.10. The first-order chi connectivity index (χ1) is 16.6. The van der Waals surface area contributed by atoms with E-state index < -0.39 is 0 Å². The zero-order chi connectivity index (χ0) is 25.3. The maximum atomic E-state index is 12.8. The van der Waals surface area contributed by atoms with Gasteiger partial charge in [0.1, 0.15) is 12.7 Å². The van der Waals surface area contributed by atoms with Crippen molar-refractivity contribution in [1.82, 2.24) is 9.99 Å². The van der Waals surface area contributed by atoms with E-state index in [1.807, 2.05) is 52.0 Å². The standard InChI is InChI=1S/C25H31ClN4O5/c1-15-22(21-14-33-23(20(21)13-27-15)16-6-8-18(26)9-7-16)35-24(31)19-12-17(19)10-11-34-28-30(32)29(5)25(2,3)4/h6-9,13,17,19,23H,10-12,14H2,1-5H3/b30-28-/t17-,19-,23-/m0/s1. The number of aromatic nitrogens is 1. The largest absolute Gasteiger partial charge is 0.569 e. The van der Waals surface area contributed by atoms with E-state index in [9.17, 15) is 10.0 Å². The maximum absolute atomic E-state index is 12.8. The normalized spacial score (nSPS) is 21.4. The second-order valence-electron chi connectivity index (χ2n) is 10.0. The van der Waals surface area contributed by atoms with Gasteiger partial charge in [-0.3, -0.25) is 9.78 Å². The molecule has 0 unspecified atom stereocenters. The predicted octanol–water partition coefficient (Wildman–Crippen LogP) is 5.13. The second-order valence-corrected chi connectivity index (χ2v) is 10.5. The van der Waals surface area contributed by atoms with Crippen molar-refractivity contribution in [2.45, 2.75) is 58.8 Å². The van der Waals surface area contributed by atoms with Crippen LogP contribution >= 0.6 is 11.6 Å². The van der Waals surface area contributed by atoms with E-state index in [1.165, 1.54) is 5.01 Å². The molecule has 1 aliphatic carbocycles. The lowest BCUT2D eigenvalue weighted by Crippen LogP contribution is -2.42. The van der Waals surface area contributed by atoms with Gasteiger partial charge >= 0.3 is 5.97 Å². The third-order valence-electron chi connectivity index (χ3n) is 6.56. The minimum absolute atomic E-state index is 0.140. The van der Waals surface area contributed by atoms with Crippen LogP contribution in [0.15, 0.2) is 35.7 Å². The third kappa shape index (κ3) is 5.67. The van der Waals surface area contributed by atoms with E-state index in [0.29, 0.717) is 34.5 Å². The van der Waals surface area contributed by atoms with E-state index in [2.05, 4.69) is 10.3 Å². The molecule has 188 valence electrons. The van der Waals surface area contributed by atoms with Crippen molar-refractivity contribution < 1.29 is 24.1 Å². The van der Waals surface area contributed by atoms with Gasteiger partial charge in [-0.1, -0.05) is 23.7 Å². The molecule has 0 amide bonds. The minimum atomic E-state index is -0.371. The van der Waals surface area contributed by atoms with Crippen LogP contribution in [0.1, 0.15) is 62.1 Å². The summed E-state index contributed by atoms with van der Waals surface area (Å²) < 4.78 is 11.8. The van der Waals surface area contributed by atoms with Gasteiger partial charge in [0, 0.05) is 22.3 Å². The van der Waals surface area contributed by atoms with Gasteiger partial charge < -0.3 is 19.5 Å². The molecule has 0 N–H and O–H groups in total. The molecular weight excluding hydrogens is 472 g/mol. The zero-order valence-corrected chi connectivity index (χ0v) is 21.4. The number of nitrogens with zero attached hydrogens (tertiary/aromatic N) is 4. The van der Waals surface area contributed by atoms with Crippen molar-refractivity contribution in [3.05, 3.63) is 63.1 Å². The third-order valence-corrected chi connectivity index (χ3v) is 6.81. The van der Waals surface area contributed by atoms with E-state index >= 15 is 0 Å². The highest BCUT2D eigenvalue weighted by molar-refractivity contribution is 6.30. The molecule has 0 radical (unpaired) electrons. The second kappa shape index (κ2) is 9.99. The number of fused-ring (bicyclic) bond motifs is 1. The maximum Gasteiger partial charge on any atom is 0.314 e. The van der Waals surface area contributed by atoms with Crippen LogP contribution in [0.4, 0.5) is 0 Å². The van der Waals surface area contributed by atoms with Crippen molar-refractivity contribution in [3.63, 3.8) is 0 Å². The van der Waals surface area contributed by atoms with Crippen molar-refractivity contribution >= 4 is 17.6 Å². The summed E-state index contributed by atoms with van der Waals surface area (Å²) >= 11 is 6.01. The fourth-order valence-electron chi connectivity index (χ4n) is 3.97. The van der Waals surface area contributed by atoms with Gasteiger partial charge in [0.2, 0.25) is 5.28 Å². The van der Waals surface area contributed by atoms with Crippen molar-refractivity contribution in [2.75, 3.05) is 13.7 Å². The quantitative estimate of drug-likeness (QED) is 0.162. The van der Waals surface area contributed by atoms with Gasteiger partial charge in [-0.05, 0) is 64.2 Å². The number of benzene rings is 1. The first kappa shape index (κ1) is 25.2. The van der Waals surface area contributed by atoms with Crippen LogP contribution in [0.3, 0.4) is 0 Å². The van der Waals surface area contributed by atoms with Crippen LogP contribution in [0.5, 0.6) is 5.75 Å². The van der Waals surface area contributed by atoms with Gasteiger partial charge in [0.05, 0.1) is 35.8 Å². The van der Waals surface area contributed by atoms with Crippen LogP contribution in [-0.4, -0.2) is 40.1 Å². The van der Waals surface area contributed by atoms with E-state index in [-0.39, 0.29) is 36.1 Å². The van der Waals surface area contributed by atoms with Gasteiger partial charge in [-0.2, -0.15) is 0 Å². The van der Waals surface area contributed by atoms with Gasteiger partial charge in [-0.15, -0.1) is 5.01 Å². The van der Waals surface area contributed by atoms with Crippen LogP contribution in [0.25, 0.3) is 0 Å². The summed E-state index contributed by atoms with van der Waals surface area (Å²) in [7, 11) is 1.65. The molecule has 35 heavy (non-hydrogen) atoms. The van der Waals surface area contributed by atoms with Crippen molar-refractivity contribution in [1.29, 1.82) is 0 Å². The molecule has 1 fully saturated rings. The van der Waals surface area contributed by atoms with E-state index in [4.69, 9.17) is 25.9 Å². The highest BCUT2D eigenvalue weighted by atomic mass is 35.5. The number of aryl methyl sites for hydroxylation is 1. The number of carbonyl (C=O) groups is 1. The Morgan fingerprint density at radius 3 is 2.74 bits per heavy atom. The number of rotatable bonds is 8. The smallest absolute Gasteiger partial charge is 0.314 e. The first-order valence-corrected chi connectivity index (χ1v) is 12.0. The summed E-state index contributed by atoms with van der Waals surface area (Å²) in [6.07, 6.45) is 2.84. The molecule has 2 heterocycles. The molecule has 0 bridgehead atoms. The average Bonchev–Trinajstić information content (AvgIpc) is 3.47. The highest BCUT2D eigenvalue weighted by Crippen LogP contribution is 2.45. The molecule has 1 aliphatic heterocycles. The molecule has 1 saturated carbocycles. The fraction of sp³-hybridized carbons (Fsp3) is 0.520. The number of halogens is 1. The summed E-state index contributed by atoms with van der Waals surface area (Å²) in [6, 6.07) is 7.49. The molecule has 9 nitrogen and oxygen atoms in total. The molecular formula is C25H31ClN4O5. The zero-order valence-electron chi connectivity index (χ0n) is 20.7. The van der Waals surface area contributed by atoms with E-state index in [1.54, 1.807) is 13.2 Å². The van der Waals surface area contributed by atoms with Crippen LogP contribution < -0.4 is 4.74 Å². The molecule has 0 saturated heterocycles. The number of ether oxygens (including phenoxy) is 2. The predicted molar refractivity (Wildman–Crippen MR) is 128 cm³/mol. The van der Waals surface area contributed by atoms with E-state index in [0.717, 1.165) is 23.1 Å². The molecule has 1 aromatic carbocycles. The number of carbonyl (C=O) groups excluding carboxylic acids is 1. The molecule has 0 spiro atoms. The Morgan fingerprint density at radius 2 is 2.06 bits per heavy atom. The number of pyridine rings is 1. The summed E-state index contributed by atoms with van der Waals surface area (Å²) in [5.74, 6) is 0.135. The summed E-state index contributed by atoms with van der Waals surface area (Å²) in [4.78, 5) is 22.9. The number of hydrogen-bond donors (Lipinski definition) is 0. The highest BCUT2D eigenvalue weighted by Gasteiger charge is 2.45. The van der Waals surface area contributed by atoms with Gasteiger partial charge in [0.25, 0.3) is 0 Å². The topological polar surface area (TPSA) is 99.3 Å². The Bertz CT molecular complexity index is 1120. The van der Waals surface area contributed by atoms with Crippen LogP contribution in [0.2, 0.25) is 5.02 Å². The average molecular weight is 503 g/mol. The Morgan fingerprint density at radius 1 is 1.34 bits per heavy atom. The Kier molecular flexibility index (Phi) is 7.19. The lowest BCUT2D eigenvalue weighted by atomic mass is 10.0. The first-order valence-electron chi connectivity index (χ1n) is 11.7. The lowest BCUT2D eigenvalue weighted by Gasteiger charge is -2.26. The van der Waals surface area contributed by atoms with Crippen molar-refractivity contribution in [3.8, 4) is 5.75 Å². The van der Waals surface area contributed by atoms with Crippen molar-refractivity contribution in [2.24, 2.45) is 17.1 Å².